The summed E-state index contributed by atoms with van der Waals surface area (Å²) < 4.78 is 5.16. The van der Waals surface area contributed by atoms with E-state index in [0.717, 1.165) is 18.4 Å². The van der Waals surface area contributed by atoms with Crippen LogP contribution in [-0.2, 0) is 16.1 Å². The van der Waals surface area contributed by atoms with Gasteiger partial charge in [0.2, 0.25) is 5.91 Å². The summed E-state index contributed by atoms with van der Waals surface area (Å²) >= 11 is 0. The second-order valence-electron chi connectivity index (χ2n) is 4.84. The fourth-order valence-electron chi connectivity index (χ4n) is 1.68. The number of carbonyl (C=O) groups excluding carboxylic acids is 2. The summed E-state index contributed by atoms with van der Waals surface area (Å²) in [4.78, 5) is 22.0. The molecule has 0 bridgehead atoms. The minimum absolute atomic E-state index is 0.0360. The molecule has 0 atom stereocenters. The predicted octanol–water partition coefficient (Wildman–Crippen LogP) is -0.0811. The summed E-state index contributed by atoms with van der Waals surface area (Å²) in [5.41, 5.74) is 6.03. The summed E-state index contributed by atoms with van der Waals surface area (Å²) in [7, 11) is 0. The van der Waals surface area contributed by atoms with Crippen LogP contribution in [-0.4, -0.2) is 31.0 Å². The van der Waals surface area contributed by atoms with E-state index in [4.69, 9.17) is 10.5 Å². The second-order valence-corrected chi connectivity index (χ2v) is 4.84. The Morgan fingerprint density at radius 1 is 1.25 bits per heavy atom. The first-order valence-electron chi connectivity index (χ1n) is 6.63. The maximum absolute atomic E-state index is 11.4. The van der Waals surface area contributed by atoms with Crippen LogP contribution < -0.4 is 21.1 Å². The Morgan fingerprint density at radius 3 is 2.55 bits per heavy atom. The molecular weight excluding hydrogens is 258 g/mol. The molecule has 0 spiro atoms. The Morgan fingerprint density at radius 2 is 1.95 bits per heavy atom. The molecule has 0 radical (unpaired) electrons. The maximum atomic E-state index is 11.4. The van der Waals surface area contributed by atoms with Crippen molar-refractivity contribution in [2.24, 2.45) is 5.73 Å². The summed E-state index contributed by atoms with van der Waals surface area (Å²) in [6, 6.07) is 7.68. The molecule has 0 saturated heterocycles. The lowest BCUT2D eigenvalue weighted by molar-refractivity contribution is -0.121. The van der Waals surface area contributed by atoms with Gasteiger partial charge in [-0.05, 0) is 30.5 Å². The Balaban J connectivity index is 1.67. The molecule has 20 heavy (non-hydrogen) atoms. The van der Waals surface area contributed by atoms with Crippen LogP contribution in [0.4, 0.5) is 0 Å². The number of rotatable bonds is 8. The second kappa shape index (κ2) is 6.91. The highest BCUT2D eigenvalue weighted by atomic mass is 16.5. The third-order valence-corrected chi connectivity index (χ3v) is 2.86. The minimum Gasteiger partial charge on any atom is -0.484 e. The van der Waals surface area contributed by atoms with E-state index in [1.165, 1.54) is 0 Å². The van der Waals surface area contributed by atoms with Crippen LogP contribution in [0.3, 0.4) is 0 Å². The SMILES string of the molecule is NC(=O)COc1ccc(CNCC(=O)NC2CC2)cc1. The average molecular weight is 277 g/mol. The normalized spacial score (nSPS) is 13.8. The van der Waals surface area contributed by atoms with Gasteiger partial charge in [0.25, 0.3) is 5.91 Å². The van der Waals surface area contributed by atoms with Crippen molar-refractivity contribution in [2.75, 3.05) is 13.2 Å². The van der Waals surface area contributed by atoms with Crippen molar-refractivity contribution in [3.05, 3.63) is 29.8 Å². The molecule has 108 valence electrons. The fourth-order valence-corrected chi connectivity index (χ4v) is 1.68. The number of hydrogen-bond acceptors (Lipinski definition) is 4. The van der Waals surface area contributed by atoms with Crippen LogP contribution >= 0.6 is 0 Å². The quantitative estimate of drug-likeness (QED) is 0.619. The number of carbonyl (C=O) groups is 2. The first-order valence-corrected chi connectivity index (χ1v) is 6.63. The molecule has 1 aliphatic rings. The molecule has 2 rings (SSSR count). The molecule has 6 nitrogen and oxygen atoms in total. The van der Waals surface area contributed by atoms with E-state index in [1.807, 2.05) is 12.1 Å². The van der Waals surface area contributed by atoms with Crippen molar-refractivity contribution < 1.29 is 14.3 Å². The molecule has 1 aromatic carbocycles. The standard InChI is InChI=1S/C14H19N3O3/c15-13(18)9-20-12-5-1-10(2-6-12)7-16-8-14(19)17-11-3-4-11/h1-2,5-6,11,16H,3-4,7-9H2,(H2,15,18)(H,17,19). The van der Waals surface area contributed by atoms with Crippen LogP contribution in [0, 0.1) is 0 Å². The zero-order valence-corrected chi connectivity index (χ0v) is 11.2. The Hall–Kier alpha value is -2.08. The highest BCUT2D eigenvalue weighted by Gasteiger charge is 2.22. The van der Waals surface area contributed by atoms with E-state index in [1.54, 1.807) is 12.1 Å². The molecule has 2 amide bonds. The number of ether oxygens (including phenoxy) is 1. The molecule has 0 aromatic heterocycles. The lowest BCUT2D eigenvalue weighted by Crippen LogP contribution is -2.34. The number of nitrogens with one attached hydrogen (secondary N) is 2. The van der Waals surface area contributed by atoms with Gasteiger partial charge in [-0.2, -0.15) is 0 Å². The number of benzene rings is 1. The summed E-state index contributed by atoms with van der Waals surface area (Å²) in [5.74, 6) is 0.130. The molecule has 0 heterocycles. The van der Waals surface area contributed by atoms with Gasteiger partial charge < -0.3 is 21.1 Å². The monoisotopic (exact) mass is 277 g/mol. The lowest BCUT2D eigenvalue weighted by Gasteiger charge is -2.07. The van der Waals surface area contributed by atoms with Gasteiger partial charge in [0.05, 0.1) is 6.54 Å². The van der Waals surface area contributed by atoms with E-state index < -0.39 is 5.91 Å². The zero-order valence-electron chi connectivity index (χ0n) is 11.2. The maximum Gasteiger partial charge on any atom is 0.255 e. The molecule has 0 aliphatic heterocycles. The van der Waals surface area contributed by atoms with E-state index in [-0.39, 0.29) is 12.5 Å². The van der Waals surface area contributed by atoms with Gasteiger partial charge in [-0.1, -0.05) is 12.1 Å². The predicted molar refractivity (Wildman–Crippen MR) is 74.0 cm³/mol. The molecule has 1 saturated carbocycles. The Bertz CT molecular complexity index is 469. The number of amides is 2. The van der Waals surface area contributed by atoms with Gasteiger partial charge in [-0.25, -0.2) is 0 Å². The van der Waals surface area contributed by atoms with E-state index >= 15 is 0 Å². The molecule has 4 N–H and O–H groups in total. The van der Waals surface area contributed by atoms with Gasteiger partial charge in [0, 0.05) is 12.6 Å². The Kier molecular flexibility index (Phi) is 4.95. The first kappa shape index (κ1) is 14.3. The summed E-state index contributed by atoms with van der Waals surface area (Å²) in [5, 5.41) is 5.99. The summed E-state index contributed by atoms with van der Waals surface area (Å²) in [6.45, 7) is 0.795. The van der Waals surface area contributed by atoms with Crippen molar-refractivity contribution >= 4 is 11.8 Å². The van der Waals surface area contributed by atoms with Crippen LogP contribution in [0.2, 0.25) is 0 Å². The van der Waals surface area contributed by atoms with Crippen LogP contribution in [0.5, 0.6) is 5.75 Å². The first-order chi connectivity index (χ1) is 9.63. The molecular formula is C14H19N3O3. The zero-order chi connectivity index (χ0) is 14.4. The van der Waals surface area contributed by atoms with Crippen molar-refractivity contribution in [1.82, 2.24) is 10.6 Å². The molecule has 0 unspecified atom stereocenters. The van der Waals surface area contributed by atoms with Gasteiger partial charge in [-0.3, -0.25) is 9.59 Å². The van der Waals surface area contributed by atoms with Gasteiger partial charge >= 0.3 is 0 Å². The van der Waals surface area contributed by atoms with Gasteiger partial charge in [0.1, 0.15) is 5.75 Å². The molecule has 6 heteroatoms. The highest BCUT2D eigenvalue weighted by Crippen LogP contribution is 2.18. The largest absolute Gasteiger partial charge is 0.484 e. The van der Waals surface area contributed by atoms with Crippen LogP contribution in [0.15, 0.2) is 24.3 Å². The van der Waals surface area contributed by atoms with E-state index in [9.17, 15) is 9.59 Å². The fraction of sp³-hybridized carbons (Fsp3) is 0.429. The lowest BCUT2D eigenvalue weighted by atomic mass is 10.2. The Labute approximate surface area is 117 Å². The van der Waals surface area contributed by atoms with Crippen molar-refractivity contribution in [3.8, 4) is 5.75 Å². The smallest absolute Gasteiger partial charge is 0.255 e. The minimum atomic E-state index is -0.502. The summed E-state index contributed by atoms with van der Waals surface area (Å²) in [6.07, 6.45) is 2.19. The topological polar surface area (TPSA) is 93.5 Å². The van der Waals surface area contributed by atoms with Gasteiger partial charge in [-0.15, -0.1) is 0 Å². The van der Waals surface area contributed by atoms with Crippen LogP contribution in [0.1, 0.15) is 18.4 Å². The van der Waals surface area contributed by atoms with Crippen molar-refractivity contribution in [1.29, 1.82) is 0 Å². The molecule has 1 fully saturated rings. The highest BCUT2D eigenvalue weighted by molar-refractivity contribution is 5.78. The van der Waals surface area contributed by atoms with Crippen molar-refractivity contribution in [2.45, 2.75) is 25.4 Å². The molecule has 1 aliphatic carbocycles. The number of hydrogen-bond donors (Lipinski definition) is 3. The average Bonchev–Trinajstić information content (AvgIpc) is 3.21. The number of primary amides is 1. The van der Waals surface area contributed by atoms with Crippen molar-refractivity contribution in [3.63, 3.8) is 0 Å². The third-order valence-electron chi connectivity index (χ3n) is 2.86. The third kappa shape index (κ3) is 5.27. The van der Waals surface area contributed by atoms with Gasteiger partial charge in [0.15, 0.2) is 6.61 Å². The molecule has 1 aromatic rings. The van der Waals surface area contributed by atoms with Crippen LogP contribution in [0.25, 0.3) is 0 Å². The van der Waals surface area contributed by atoms with E-state index in [2.05, 4.69) is 10.6 Å². The number of nitrogens with two attached hydrogens (primary N) is 1. The van der Waals surface area contributed by atoms with E-state index in [0.29, 0.717) is 24.9 Å².